The van der Waals surface area contributed by atoms with Gasteiger partial charge in [0.2, 0.25) is 6.29 Å². The summed E-state index contributed by atoms with van der Waals surface area (Å²) in [6.07, 6.45) is -0.530. The third-order valence-electron chi connectivity index (χ3n) is 2.64. The molecule has 2 rings (SSSR count). The van der Waals surface area contributed by atoms with Crippen molar-refractivity contribution in [1.29, 1.82) is 0 Å². The molecular formula is C9H13N3O. The Morgan fingerprint density at radius 1 is 1.46 bits per heavy atom. The van der Waals surface area contributed by atoms with Gasteiger partial charge in [-0.3, -0.25) is 10.4 Å². The minimum absolute atomic E-state index is 0.521. The average molecular weight is 179 g/mol. The van der Waals surface area contributed by atoms with Crippen LogP contribution in [-0.2, 0) is 0 Å². The van der Waals surface area contributed by atoms with Crippen molar-refractivity contribution in [2.75, 3.05) is 19.0 Å². The lowest BCUT2D eigenvalue weighted by molar-refractivity contribution is 0.357. The Labute approximate surface area is 77.3 Å². The number of hydroxylamine groups is 2. The van der Waals surface area contributed by atoms with Crippen LogP contribution in [0.15, 0.2) is 24.3 Å². The highest BCUT2D eigenvalue weighted by Crippen LogP contribution is 2.40. The van der Waals surface area contributed by atoms with Crippen LogP contribution in [0.4, 0.5) is 11.4 Å². The van der Waals surface area contributed by atoms with Crippen molar-refractivity contribution in [2.24, 2.45) is 5.73 Å². The largest absolute Gasteiger partial charge is 0.625 e. The Kier molecular flexibility index (Phi) is 1.60. The van der Waals surface area contributed by atoms with E-state index in [9.17, 15) is 5.21 Å². The normalized spacial score (nSPS) is 32.0. The molecule has 0 saturated carbocycles. The fourth-order valence-electron chi connectivity index (χ4n) is 1.75. The Bertz CT molecular complexity index is 337. The monoisotopic (exact) mass is 179 g/mol. The third-order valence-corrected chi connectivity index (χ3v) is 2.64. The van der Waals surface area contributed by atoms with Crippen LogP contribution in [0.2, 0.25) is 0 Å². The SMILES string of the molecule is CN1c2ccccc2[N+](C)([O-])C1N. The first-order valence-electron chi connectivity index (χ1n) is 4.20. The van der Waals surface area contributed by atoms with Gasteiger partial charge in [-0.15, -0.1) is 0 Å². The second kappa shape index (κ2) is 2.45. The molecule has 2 N–H and O–H groups in total. The first-order valence-corrected chi connectivity index (χ1v) is 4.20. The topological polar surface area (TPSA) is 52.3 Å². The molecule has 2 atom stereocenters. The van der Waals surface area contributed by atoms with E-state index in [1.165, 1.54) is 0 Å². The van der Waals surface area contributed by atoms with Crippen molar-refractivity contribution in [3.8, 4) is 0 Å². The average Bonchev–Trinajstić information content (AvgIpc) is 2.30. The van der Waals surface area contributed by atoms with E-state index in [0.717, 1.165) is 11.4 Å². The fourth-order valence-corrected chi connectivity index (χ4v) is 1.75. The van der Waals surface area contributed by atoms with Crippen molar-refractivity contribution in [2.45, 2.75) is 6.29 Å². The maximum Gasteiger partial charge on any atom is 0.224 e. The zero-order chi connectivity index (χ0) is 9.64. The van der Waals surface area contributed by atoms with Gasteiger partial charge in [0.25, 0.3) is 0 Å². The van der Waals surface area contributed by atoms with Crippen LogP contribution in [-0.4, -0.2) is 20.4 Å². The standard InChI is InChI=1S/C9H13N3O/c1-11-7-5-3-4-6-8(7)12(2,13)9(11)10/h3-6,9H,10H2,1-2H3. The third kappa shape index (κ3) is 0.966. The quantitative estimate of drug-likeness (QED) is 0.473. The smallest absolute Gasteiger partial charge is 0.224 e. The number of benzene rings is 1. The van der Waals surface area contributed by atoms with Crippen LogP contribution in [0.5, 0.6) is 0 Å². The van der Waals surface area contributed by atoms with Gasteiger partial charge in [-0.1, -0.05) is 12.1 Å². The van der Waals surface area contributed by atoms with Gasteiger partial charge in [-0.05, 0) is 6.07 Å². The zero-order valence-corrected chi connectivity index (χ0v) is 7.77. The summed E-state index contributed by atoms with van der Waals surface area (Å²) in [4.78, 5) is 1.81. The van der Waals surface area contributed by atoms with E-state index in [1.54, 1.807) is 7.05 Å². The highest BCUT2D eigenvalue weighted by Gasteiger charge is 2.38. The van der Waals surface area contributed by atoms with Gasteiger partial charge in [0.05, 0.1) is 7.05 Å². The summed E-state index contributed by atoms with van der Waals surface area (Å²) < 4.78 is -0.521. The van der Waals surface area contributed by atoms with Crippen LogP contribution in [0.3, 0.4) is 0 Å². The predicted octanol–water partition coefficient (Wildman–Crippen LogP) is 0.814. The van der Waals surface area contributed by atoms with Gasteiger partial charge >= 0.3 is 0 Å². The van der Waals surface area contributed by atoms with Gasteiger partial charge in [0.1, 0.15) is 5.69 Å². The van der Waals surface area contributed by atoms with E-state index in [-0.39, 0.29) is 0 Å². The lowest BCUT2D eigenvalue weighted by atomic mass is 10.2. The summed E-state index contributed by atoms with van der Waals surface area (Å²) in [7, 11) is 3.41. The van der Waals surface area contributed by atoms with E-state index in [0.29, 0.717) is 0 Å². The molecule has 13 heavy (non-hydrogen) atoms. The number of nitrogens with two attached hydrogens (primary N) is 1. The second-order valence-electron chi connectivity index (χ2n) is 3.50. The predicted molar refractivity (Wildman–Crippen MR) is 53.9 cm³/mol. The molecule has 0 aliphatic carbocycles. The molecule has 1 aromatic carbocycles. The molecule has 4 heteroatoms. The molecule has 1 aromatic rings. The maximum absolute atomic E-state index is 12.0. The molecule has 2 unspecified atom stereocenters. The van der Waals surface area contributed by atoms with Gasteiger partial charge in [0.15, 0.2) is 5.69 Å². The molecule has 1 aliphatic rings. The number of hydrogen-bond donors (Lipinski definition) is 1. The lowest BCUT2D eigenvalue weighted by Crippen LogP contribution is -2.57. The van der Waals surface area contributed by atoms with E-state index < -0.39 is 10.9 Å². The number of para-hydroxylation sites is 2. The Hall–Kier alpha value is -1.10. The molecule has 0 fully saturated rings. The number of anilines is 1. The number of hydrogen-bond acceptors (Lipinski definition) is 3. The molecule has 1 heterocycles. The van der Waals surface area contributed by atoms with Gasteiger partial charge < -0.3 is 10.1 Å². The van der Waals surface area contributed by atoms with E-state index >= 15 is 0 Å². The summed E-state index contributed by atoms with van der Waals surface area (Å²) in [5.74, 6) is 0. The van der Waals surface area contributed by atoms with E-state index in [4.69, 9.17) is 5.73 Å². The molecule has 1 aliphatic heterocycles. The minimum Gasteiger partial charge on any atom is -0.625 e. The second-order valence-corrected chi connectivity index (χ2v) is 3.50. The molecule has 0 saturated heterocycles. The number of rotatable bonds is 0. The first kappa shape index (κ1) is 8.50. The molecular weight excluding hydrogens is 166 g/mol. The van der Waals surface area contributed by atoms with Gasteiger partial charge in [0, 0.05) is 13.1 Å². The molecule has 0 radical (unpaired) electrons. The molecule has 0 amide bonds. The Balaban J connectivity index is 2.61. The van der Waals surface area contributed by atoms with Crippen molar-refractivity contribution in [3.05, 3.63) is 29.5 Å². The summed E-state index contributed by atoms with van der Waals surface area (Å²) in [6.45, 7) is 0. The fraction of sp³-hybridized carbons (Fsp3) is 0.333. The number of quaternary nitrogens is 1. The van der Waals surface area contributed by atoms with E-state index in [2.05, 4.69) is 0 Å². The Morgan fingerprint density at radius 3 is 2.69 bits per heavy atom. The maximum atomic E-state index is 12.0. The molecule has 0 bridgehead atoms. The molecule has 0 aromatic heterocycles. The highest BCUT2D eigenvalue weighted by atomic mass is 16.6. The number of fused-ring (bicyclic) bond motifs is 1. The van der Waals surface area contributed by atoms with Crippen LogP contribution in [0, 0.1) is 5.21 Å². The van der Waals surface area contributed by atoms with Crippen molar-refractivity contribution in [1.82, 2.24) is 4.65 Å². The van der Waals surface area contributed by atoms with Crippen molar-refractivity contribution >= 4 is 11.4 Å². The van der Waals surface area contributed by atoms with Crippen LogP contribution >= 0.6 is 0 Å². The minimum atomic E-state index is -0.530. The van der Waals surface area contributed by atoms with Crippen LogP contribution < -0.4 is 15.3 Å². The first-order chi connectivity index (χ1) is 6.05. The van der Waals surface area contributed by atoms with Gasteiger partial charge in [-0.25, -0.2) is 0 Å². The molecule has 4 nitrogen and oxygen atoms in total. The van der Waals surface area contributed by atoms with Crippen molar-refractivity contribution < 1.29 is 0 Å². The Morgan fingerprint density at radius 2 is 2.08 bits per heavy atom. The highest BCUT2D eigenvalue weighted by molar-refractivity contribution is 5.74. The van der Waals surface area contributed by atoms with Crippen molar-refractivity contribution in [3.63, 3.8) is 0 Å². The van der Waals surface area contributed by atoms with Crippen LogP contribution in [0.25, 0.3) is 0 Å². The molecule has 0 spiro atoms. The van der Waals surface area contributed by atoms with Gasteiger partial charge in [-0.2, -0.15) is 0 Å². The summed E-state index contributed by atoms with van der Waals surface area (Å²) in [5.41, 5.74) is 7.45. The molecule has 70 valence electrons. The summed E-state index contributed by atoms with van der Waals surface area (Å²) >= 11 is 0. The van der Waals surface area contributed by atoms with Crippen LogP contribution in [0.1, 0.15) is 0 Å². The van der Waals surface area contributed by atoms with E-state index in [1.807, 2.05) is 36.2 Å². The lowest BCUT2D eigenvalue weighted by Gasteiger charge is -2.38. The summed E-state index contributed by atoms with van der Waals surface area (Å²) in [6, 6.07) is 7.51. The zero-order valence-electron chi connectivity index (χ0n) is 7.77. The summed E-state index contributed by atoms with van der Waals surface area (Å²) in [5, 5.41) is 12.0. The number of nitrogens with zero attached hydrogens (tertiary/aromatic N) is 2.